The molecule has 130 valence electrons. The van der Waals surface area contributed by atoms with Crippen LogP contribution in [0.15, 0.2) is 18.2 Å². The monoisotopic (exact) mass is 338 g/mol. The maximum Gasteiger partial charge on any atom is 0.171 e. The number of ether oxygens (including phenoxy) is 2. The highest BCUT2D eigenvalue weighted by Gasteiger charge is 2.16. The molecule has 6 heteroatoms. The number of rotatable bonds is 4. The second-order valence-electron chi connectivity index (χ2n) is 6.28. The first-order chi connectivity index (χ1) is 12.1. The van der Waals surface area contributed by atoms with Crippen LogP contribution in [0.1, 0.15) is 35.2 Å². The summed E-state index contributed by atoms with van der Waals surface area (Å²) in [5, 5.41) is 20.8. The molecule has 0 radical (unpaired) electrons. The average molecular weight is 338 g/mol. The zero-order chi connectivity index (χ0) is 17.8. The van der Waals surface area contributed by atoms with E-state index in [2.05, 4.69) is 21.6 Å². The van der Waals surface area contributed by atoms with E-state index in [-0.39, 0.29) is 6.10 Å². The molecule has 1 aliphatic heterocycles. The normalized spacial score (nSPS) is 14.8. The molecule has 0 amide bonds. The summed E-state index contributed by atoms with van der Waals surface area (Å²) in [6, 6.07) is 8.08. The van der Waals surface area contributed by atoms with E-state index in [9.17, 15) is 5.26 Å². The Hall–Kier alpha value is -2.65. The van der Waals surface area contributed by atoms with Gasteiger partial charge in [-0.2, -0.15) is 10.4 Å². The molecule has 0 atom stereocenters. The van der Waals surface area contributed by atoms with Crippen LogP contribution >= 0.6 is 0 Å². The lowest BCUT2D eigenvalue weighted by molar-refractivity contribution is 0.0253. The summed E-state index contributed by atoms with van der Waals surface area (Å²) in [4.78, 5) is 0. The SMILES string of the molecule is Cc1cc(Nc2nnc(C)c(C)c2C#N)ccc1OC1CCOCC1. The fourth-order valence-electron chi connectivity index (χ4n) is 2.80. The Morgan fingerprint density at radius 1 is 1.20 bits per heavy atom. The number of aryl methyl sites for hydroxylation is 2. The fraction of sp³-hybridized carbons (Fsp3) is 0.421. The van der Waals surface area contributed by atoms with E-state index in [4.69, 9.17) is 9.47 Å². The van der Waals surface area contributed by atoms with Crippen LogP contribution in [-0.4, -0.2) is 29.5 Å². The molecule has 0 saturated carbocycles. The molecule has 25 heavy (non-hydrogen) atoms. The van der Waals surface area contributed by atoms with E-state index < -0.39 is 0 Å². The minimum Gasteiger partial charge on any atom is -0.490 e. The van der Waals surface area contributed by atoms with E-state index in [0.29, 0.717) is 11.4 Å². The highest BCUT2D eigenvalue weighted by atomic mass is 16.5. The minimum absolute atomic E-state index is 0.210. The molecule has 1 aromatic heterocycles. The van der Waals surface area contributed by atoms with Crippen LogP contribution in [0.4, 0.5) is 11.5 Å². The number of nitrogens with zero attached hydrogens (tertiary/aromatic N) is 3. The van der Waals surface area contributed by atoms with Crippen LogP contribution in [0.3, 0.4) is 0 Å². The topological polar surface area (TPSA) is 80.1 Å². The van der Waals surface area contributed by atoms with Gasteiger partial charge in [0.05, 0.1) is 18.9 Å². The van der Waals surface area contributed by atoms with Crippen LogP contribution in [0.5, 0.6) is 5.75 Å². The van der Waals surface area contributed by atoms with Crippen molar-refractivity contribution in [3.05, 3.63) is 40.6 Å². The van der Waals surface area contributed by atoms with Gasteiger partial charge < -0.3 is 14.8 Å². The molecule has 1 saturated heterocycles. The second kappa shape index (κ2) is 7.49. The molecule has 0 aliphatic carbocycles. The number of hydrogen-bond donors (Lipinski definition) is 1. The molecule has 0 bridgehead atoms. The van der Waals surface area contributed by atoms with Crippen molar-refractivity contribution < 1.29 is 9.47 Å². The minimum atomic E-state index is 0.210. The number of hydrogen-bond acceptors (Lipinski definition) is 6. The van der Waals surface area contributed by atoms with Crippen molar-refractivity contribution in [1.29, 1.82) is 5.26 Å². The van der Waals surface area contributed by atoms with Gasteiger partial charge in [0, 0.05) is 18.5 Å². The predicted molar refractivity (Wildman–Crippen MR) is 95.2 cm³/mol. The summed E-state index contributed by atoms with van der Waals surface area (Å²) < 4.78 is 11.4. The lowest BCUT2D eigenvalue weighted by Gasteiger charge is -2.24. The van der Waals surface area contributed by atoms with Gasteiger partial charge in [0.2, 0.25) is 0 Å². The van der Waals surface area contributed by atoms with Crippen LogP contribution in [0.2, 0.25) is 0 Å². The van der Waals surface area contributed by atoms with Crippen molar-refractivity contribution >= 4 is 11.5 Å². The Morgan fingerprint density at radius 3 is 2.64 bits per heavy atom. The number of nitriles is 1. The van der Waals surface area contributed by atoms with Gasteiger partial charge in [-0.25, -0.2) is 0 Å². The zero-order valence-corrected chi connectivity index (χ0v) is 14.8. The van der Waals surface area contributed by atoms with Gasteiger partial charge in [-0.1, -0.05) is 0 Å². The van der Waals surface area contributed by atoms with Gasteiger partial charge in [-0.05, 0) is 50.1 Å². The van der Waals surface area contributed by atoms with Crippen LogP contribution in [0.25, 0.3) is 0 Å². The second-order valence-corrected chi connectivity index (χ2v) is 6.28. The van der Waals surface area contributed by atoms with Crippen molar-refractivity contribution in [3.63, 3.8) is 0 Å². The van der Waals surface area contributed by atoms with E-state index in [1.165, 1.54) is 0 Å². The number of aromatic nitrogens is 2. The third-order valence-electron chi connectivity index (χ3n) is 4.47. The lowest BCUT2D eigenvalue weighted by atomic mass is 10.1. The molecule has 0 unspecified atom stereocenters. The van der Waals surface area contributed by atoms with Gasteiger partial charge in [-0.3, -0.25) is 0 Å². The summed E-state index contributed by atoms with van der Waals surface area (Å²) in [7, 11) is 0. The van der Waals surface area contributed by atoms with Crippen molar-refractivity contribution in [2.45, 2.75) is 39.7 Å². The molecule has 2 heterocycles. The van der Waals surface area contributed by atoms with Crippen LogP contribution in [0, 0.1) is 32.1 Å². The van der Waals surface area contributed by atoms with E-state index in [1.54, 1.807) is 0 Å². The Balaban J connectivity index is 1.77. The van der Waals surface area contributed by atoms with E-state index >= 15 is 0 Å². The maximum atomic E-state index is 9.39. The smallest absolute Gasteiger partial charge is 0.171 e. The fourth-order valence-corrected chi connectivity index (χ4v) is 2.80. The van der Waals surface area contributed by atoms with Gasteiger partial charge in [-0.15, -0.1) is 5.10 Å². The molecular weight excluding hydrogens is 316 g/mol. The lowest BCUT2D eigenvalue weighted by Crippen LogP contribution is -2.26. The molecule has 1 aromatic carbocycles. The van der Waals surface area contributed by atoms with Gasteiger partial charge in [0.25, 0.3) is 0 Å². The third-order valence-corrected chi connectivity index (χ3v) is 4.47. The van der Waals surface area contributed by atoms with Crippen LogP contribution < -0.4 is 10.1 Å². The van der Waals surface area contributed by atoms with Gasteiger partial charge in [0.15, 0.2) is 5.82 Å². The average Bonchev–Trinajstić information content (AvgIpc) is 2.62. The van der Waals surface area contributed by atoms with E-state index in [1.807, 2.05) is 39.0 Å². The van der Waals surface area contributed by atoms with Crippen molar-refractivity contribution in [3.8, 4) is 11.8 Å². The summed E-state index contributed by atoms with van der Waals surface area (Å²) in [5.41, 5.74) is 4.01. The Labute approximate surface area is 147 Å². The van der Waals surface area contributed by atoms with Crippen LogP contribution in [-0.2, 0) is 4.74 Å². The largest absolute Gasteiger partial charge is 0.490 e. The van der Waals surface area contributed by atoms with Crippen molar-refractivity contribution in [2.24, 2.45) is 0 Å². The Bertz CT molecular complexity index is 808. The molecule has 1 aliphatic rings. The molecule has 0 spiro atoms. The number of benzene rings is 1. The summed E-state index contributed by atoms with van der Waals surface area (Å²) in [5.74, 6) is 1.35. The van der Waals surface area contributed by atoms with Crippen molar-refractivity contribution in [2.75, 3.05) is 18.5 Å². The van der Waals surface area contributed by atoms with Crippen molar-refractivity contribution in [1.82, 2.24) is 10.2 Å². The predicted octanol–water partition coefficient (Wildman–Crippen LogP) is 3.57. The first-order valence-electron chi connectivity index (χ1n) is 8.44. The highest BCUT2D eigenvalue weighted by Crippen LogP contribution is 2.28. The molecule has 2 aromatic rings. The zero-order valence-electron chi connectivity index (χ0n) is 14.8. The summed E-state index contributed by atoms with van der Waals surface area (Å²) in [6.45, 7) is 7.25. The Morgan fingerprint density at radius 2 is 1.96 bits per heavy atom. The van der Waals surface area contributed by atoms with Gasteiger partial charge >= 0.3 is 0 Å². The first-order valence-corrected chi connectivity index (χ1v) is 8.44. The third kappa shape index (κ3) is 3.89. The molecule has 6 nitrogen and oxygen atoms in total. The first kappa shape index (κ1) is 17.2. The standard InChI is InChI=1S/C19H22N4O2/c1-12-10-15(4-5-18(12)25-16-6-8-24-9-7-16)21-19-17(11-20)13(2)14(3)22-23-19/h4-5,10,16H,6-9H2,1-3H3,(H,21,23). The molecule has 1 fully saturated rings. The van der Waals surface area contributed by atoms with E-state index in [0.717, 1.165) is 54.3 Å². The van der Waals surface area contributed by atoms with Gasteiger partial charge in [0.1, 0.15) is 23.5 Å². The summed E-state index contributed by atoms with van der Waals surface area (Å²) in [6.07, 6.45) is 2.05. The molecule has 3 rings (SSSR count). The maximum absolute atomic E-state index is 9.39. The quantitative estimate of drug-likeness (QED) is 0.918. The molecular formula is C19H22N4O2. The summed E-state index contributed by atoms with van der Waals surface area (Å²) >= 11 is 0. The number of anilines is 2. The Kier molecular flexibility index (Phi) is 5.15. The number of nitrogens with one attached hydrogen (secondary N) is 1. The highest BCUT2D eigenvalue weighted by molar-refractivity contribution is 5.65. The molecule has 1 N–H and O–H groups in total.